The number of rotatable bonds is 8. The van der Waals surface area contributed by atoms with Gasteiger partial charge < -0.3 is 3.98 Å². The third-order valence-corrected chi connectivity index (χ3v) is 7.28. The lowest BCUT2D eigenvalue weighted by Crippen LogP contribution is -2.15. The van der Waals surface area contributed by atoms with Gasteiger partial charge in [-0.15, -0.1) is 0 Å². The van der Waals surface area contributed by atoms with Crippen LogP contribution in [0.5, 0.6) is 0 Å². The molecule has 1 aromatic rings. The minimum Gasteiger partial charge on any atom is -0.409 e. The first-order valence-electron chi connectivity index (χ1n) is 7.74. The molecule has 0 bridgehead atoms. The number of benzene rings is 1. The van der Waals surface area contributed by atoms with E-state index in [1.54, 1.807) is 0 Å². The lowest BCUT2D eigenvalue weighted by atomic mass is 10.1. The Kier molecular flexibility index (Phi) is 8.54. The van der Waals surface area contributed by atoms with Gasteiger partial charge in [0.25, 0.3) is 0 Å². The van der Waals surface area contributed by atoms with Crippen LogP contribution >= 0.6 is 11.6 Å². The third-order valence-electron chi connectivity index (χ3n) is 3.30. The van der Waals surface area contributed by atoms with Gasteiger partial charge in [-0.3, -0.25) is 0 Å². The Morgan fingerprint density at radius 2 is 1.70 bits per heavy atom. The van der Waals surface area contributed by atoms with Crippen LogP contribution in [0.4, 0.5) is 0 Å². The highest BCUT2D eigenvalue weighted by atomic mass is 35.5. The molecule has 0 aromatic heterocycles. The number of aryl methyl sites for hydroxylation is 1. The predicted molar refractivity (Wildman–Crippen MR) is 93.3 cm³/mol. The molecule has 0 unspecified atom stereocenters. The highest BCUT2D eigenvalue weighted by molar-refractivity contribution is 6.58. The van der Waals surface area contributed by atoms with Gasteiger partial charge in [0.15, 0.2) is 0 Å². The zero-order valence-corrected chi connectivity index (χ0v) is 15.2. The second-order valence-electron chi connectivity index (χ2n) is 6.37. The highest BCUT2D eigenvalue weighted by Gasteiger charge is 2.20. The van der Waals surface area contributed by atoms with Crippen molar-refractivity contribution >= 4 is 32.2 Å². The van der Waals surface area contributed by atoms with Crippen molar-refractivity contribution in [1.29, 1.82) is 0 Å². The Morgan fingerprint density at radius 3 is 2.25 bits per heavy atom. The van der Waals surface area contributed by atoms with Gasteiger partial charge >= 0.3 is 14.4 Å². The number of hydrogen-bond donors (Lipinski definition) is 0. The first-order valence-corrected chi connectivity index (χ1v) is 10.3. The van der Waals surface area contributed by atoms with E-state index in [9.17, 15) is 0 Å². The molecule has 1 nitrogen and oxygen atoms in total. The van der Waals surface area contributed by atoms with Gasteiger partial charge in [-0.1, -0.05) is 79.9 Å². The first kappa shape index (κ1) is 17.8. The molecule has 0 aliphatic heterocycles. The topological polar surface area (TPSA) is 12.4 Å². The lowest BCUT2D eigenvalue weighted by molar-refractivity contribution is 0.689. The van der Waals surface area contributed by atoms with Crippen LogP contribution < -0.4 is 0 Å². The van der Waals surface area contributed by atoms with Gasteiger partial charge in [0.05, 0.1) is 0 Å². The van der Waals surface area contributed by atoms with Gasteiger partial charge in [0, 0.05) is 5.02 Å². The lowest BCUT2D eigenvalue weighted by Gasteiger charge is -2.11. The van der Waals surface area contributed by atoms with Crippen molar-refractivity contribution in [3.63, 3.8) is 0 Å². The molecule has 1 rings (SSSR count). The van der Waals surface area contributed by atoms with E-state index in [4.69, 9.17) is 15.6 Å². The molecule has 0 spiro atoms. The molecule has 0 heterocycles. The average molecular weight is 308 g/mol. The first-order chi connectivity index (χ1) is 9.49. The highest BCUT2D eigenvalue weighted by Crippen LogP contribution is 2.17. The maximum atomic E-state index is 6.17. The SMILES string of the molecule is CC(C)[CH2][Al]([CH2]C(C)C)/[N]=C/CCc1ccccc1Cl. The molecule has 0 N–H and O–H groups in total. The molecule has 110 valence electrons. The molecule has 0 saturated carbocycles. The fraction of sp³-hybridized carbons (Fsp3) is 0.588. The number of halogens is 1. The molecular weight excluding hydrogens is 281 g/mol. The average Bonchev–Trinajstić information content (AvgIpc) is 2.35. The van der Waals surface area contributed by atoms with E-state index >= 15 is 0 Å². The van der Waals surface area contributed by atoms with Gasteiger partial charge in [0.1, 0.15) is 0 Å². The summed E-state index contributed by atoms with van der Waals surface area (Å²) < 4.78 is 4.92. The third kappa shape index (κ3) is 7.48. The van der Waals surface area contributed by atoms with Crippen LogP contribution in [-0.2, 0) is 6.42 Å². The van der Waals surface area contributed by atoms with Gasteiger partial charge in [-0.05, 0) is 30.7 Å². The normalized spacial score (nSPS) is 11.8. The van der Waals surface area contributed by atoms with Crippen LogP contribution in [0.25, 0.3) is 0 Å². The molecule has 1 aromatic carbocycles. The molecule has 0 saturated heterocycles. The summed E-state index contributed by atoms with van der Waals surface area (Å²) in [5.74, 6) is 1.54. The fourth-order valence-corrected chi connectivity index (χ4v) is 5.74. The van der Waals surface area contributed by atoms with Crippen molar-refractivity contribution in [2.45, 2.75) is 51.1 Å². The molecule has 0 aliphatic rings. The summed E-state index contributed by atoms with van der Waals surface area (Å²) in [6, 6.07) is 8.10. The van der Waals surface area contributed by atoms with Gasteiger partial charge in [-0.25, -0.2) is 0 Å². The predicted octanol–water partition coefficient (Wildman–Crippen LogP) is 5.65. The van der Waals surface area contributed by atoms with Crippen LogP contribution in [0.2, 0.25) is 15.6 Å². The molecule has 0 amide bonds. The maximum Gasteiger partial charge on any atom is 0.435 e. The number of hydrogen-bond acceptors (Lipinski definition) is 1. The van der Waals surface area contributed by atoms with E-state index in [1.807, 2.05) is 18.2 Å². The van der Waals surface area contributed by atoms with E-state index < -0.39 is 14.4 Å². The Labute approximate surface area is 134 Å². The summed E-state index contributed by atoms with van der Waals surface area (Å²) in [5.41, 5.74) is 1.23. The molecule has 20 heavy (non-hydrogen) atoms. The van der Waals surface area contributed by atoms with Crippen LogP contribution in [0.3, 0.4) is 0 Å². The van der Waals surface area contributed by atoms with Crippen LogP contribution in [0.15, 0.2) is 28.2 Å². The maximum absolute atomic E-state index is 6.17. The summed E-state index contributed by atoms with van der Waals surface area (Å²) in [5, 5.41) is 3.51. The van der Waals surface area contributed by atoms with Crippen molar-refractivity contribution < 1.29 is 0 Å². The zero-order valence-electron chi connectivity index (χ0n) is 13.3. The van der Waals surface area contributed by atoms with Crippen LogP contribution in [0.1, 0.15) is 39.7 Å². The minimum atomic E-state index is -0.951. The summed E-state index contributed by atoms with van der Waals surface area (Å²) in [6.07, 6.45) is 4.15. The fourth-order valence-electron chi connectivity index (χ4n) is 2.45. The molecule has 0 radical (unpaired) electrons. The van der Waals surface area contributed by atoms with Crippen molar-refractivity contribution in [1.82, 2.24) is 0 Å². The van der Waals surface area contributed by atoms with Crippen molar-refractivity contribution in [3.8, 4) is 0 Å². The Balaban J connectivity index is 2.46. The van der Waals surface area contributed by atoms with E-state index in [-0.39, 0.29) is 0 Å². The second kappa shape index (κ2) is 9.61. The van der Waals surface area contributed by atoms with Gasteiger partial charge in [0.2, 0.25) is 0 Å². The van der Waals surface area contributed by atoms with E-state index in [0.717, 1.165) is 29.7 Å². The summed E-state index contributed by atoms with van der Waals surface area (Å²) >= 11 is 5.22. The van der Waals surface area contributed by atoms with E-state index in [0.29, 0.717) is 0 Å². The monoisotopic (exact) mass is 307 g/mol. The van der Waals surface area contributed by atoms with Crippen molar-refractivity contribution in [2.75, 3.05) is 0 Å². The van der Waals surface area contributed by atoms with E-state index in [1.165, 1.54) is 16.1 Å². The second-order valence-corrected chi connectivity index (χ2v) is 9.33. The summed E-state index contributed by atoms with van der Waals surface area (Å²) in [4.78, 5) is 0. The zero-order chi connectivity index (χ0) is 15.0. The van der Waals surface area contributed by atoms with E-state index in [2.05, 4.69) is 40.0 Å². The number of nitrogens with zero attached hydrogens (tertiary/aromatic N) is 1. The van der Waals surface area contributed by atoms with Crippen LogP contribution in [-0.4, -0.2) is 20.6 Å². The standard InChI is InChI=1S/C9H9ClN.2C4H9.Al/c10-9-6-2-1-4-8(9)5-3-7-11;2*1-4(2)3;/h1-2,4,6-7H,3,5H2;2*4H,1H2,2-3H3;/q-1;;;+1. The largest absolute Gasteiger partial charge is 0.435 e. The smallest absolute Gasteiger partial charge is 0.409 e. The van der Waals surface area contributed by atoms with Crippen molar-refractivity contribution in [3.05, 3.63) is 34.9 Å². The Morgan fingerprint density at radius 1 is 1.10 bits per heavy atom. The quantitative estimate of drug-likeness (QED) is 0.435. The molecule has 0 aliphatic carbocycles. The summed E-state index contributed by atoms with van der Waals surface area (Å²) in [7, 11) is 0. The molecule has 3 heteroatoms. The van der Waals surface area contributed by atoms with Gasteiger partial charge in [-0.2, -0.15) is 0 Å². The molecule has 0 fully saturated rings. The minimum absolute atomic E-state index is 0.770. The Bertz CT molecular complexity index is 405. The van der Waals surface area contributed by atoms with Crippen molar-refractivity contribution in [2.24, 2.45) is 15.8 Å². The molecular formula is C17H27AlClN. The Hall–Kier alpha value is -0.288. The summed E-state index contributed by atoms with van der Waals surface area (Å²) in [6.45, 7) is 9.22. The van der Waals surface area contributed by atoms with Crippen LogP contribution in [0, 0.1) is 11.8 Å². The molecule has 0 atom stereocenters.